The lowest BCUT2D eigenvalue weighted by Crippen LogP contribution is -2.58. The summed E-state index contributed by atoms with van der Waals surface area (Å²) in [4.78, 5) is 15.1. The first kappa shape index (κ1) is 11.8. The Kier molecular flexibility index (Phi) is 2.70. The summed E-state index contributed by atoms with van der Waals surface area (Å²) in [5, 5.41) is 0. The molecular formula is C14H17N5O. The van der Waals surface area contributed by atoms with E-state index in [0.29, 0.717) is 5.41 Å². The Morgan fingerprint density at radius 1 is 1.10 bits per heavy atom. The van der Waals surface area contributed by atoms with Crippen molar-refractivity contribution in [1.82, 2.24) is 19.5 Å². The van der Waals surface area contributed by atoms with Crippen LogP contribution >= 0.6 is 0 Å². The molecule has 2 fully saturated rings. The van der Waals surface area contributed by atoms with Crippen LogP contribution in [0.4, 0.5) is 5.82 Å². The molecular weight excluding hydrogens is 254 g/mol. The molecule has 2 saturated heterocycles. The Labute approximate surface area is 117 Å². The summed E-state index contributed by atoms with van der Waals surface area (Å²) in [5.74, 6) is 1.86. The maximum atomic E-state index is 5.46. The fourth-order valence-corrected chi connectivity index (χ4v) is 3.09. The summed E-state index contributed by atoms with van der Waals surface area (Å²) in [6.07, 6.45) is 9.36. The molecule has 0 amide bonds. The summed E-state index contributed by atoms with van der Waals surface area (Å²) in [7, 11) is 0. The second-order valence-electron chi connectivity index (χ2n) is 5.67. The molecule has 0 radical (unpaired) electrons. The van der Waals surface area contributed by atoms with Gasteiger partial charge >= 0.3 is 0 Å². The SMILES string of the molecule is c1cn(-c2cc(N3CC4(CCOCC4)C3)ncn2)cn1. The van der Waals surface area contributed by atoms with Crippen LogP contribution < -0.4 is 4.90 Å². The Morgan fingerprint density at radius 3 is 2.65 bits per heavy atom. The Balaban J connectivity index is 1.51. The van der Waals surface area contributed by atoms with E-state index in [1.807, 2.05) is 16.8 Å². The average molecular weight is 271 g/mol. The van der Waals surface area contributed by atoms with Crippen LogP contribution in [0.25, 0.3) is 5.82 Å². The van der Waals surface area contributed by atoms with Crippen molar-refractivity contribution in [1.29, 1.82) is 0 Å². The van der Waals surface area contributed by atoms with Crippen molar-refractivity contribution in [2.24, 2.45) is 5.41 Å². The first-order valence-electron chi connectivity index (χ1n) is 6.98. The van der Waals surface area contributed by atoms with Gasteiger partial charge in [0.05, 0.1) is 0 Å². The van der Waals surface area contributed by atoms with E-state index in [9.17, 15) is 0 Å². The molecule has 0 aliphatic carbocycles. The number of rotatable bonds is 2. The molecule has 2 aromatic rings. The van der Waals surface area contributed by atoms with Crippen molar-refractivity contribution in [2.75, 3.05) is 31.2 Å². The first-order valence-corrected chi connectivity index (χ1v) is 6.98. The van der Waals surface area contributed by atoms with Gasteiger partial charge in [-0.2, -0.15) is 0 Å². The zero-order chi connectivity index (χ0) is 13.4. The van der Waals surface area contributed by atoms with Crippen LogP contribution in [0.15, 0.2) is 31.1 Å². The van der Waals surface area contributed by atoms with E-state index in [1.54, 1.807) is 18.9 Å². The number of ether oxygens (including phenoxy) is 1. The predicted octanol–water partition coefficient (Wildman–Crippen LogP) is 1.28. The van der Waals surface area contributed by atoms with E-state index in [-0.39, 0.29) is 0 Å². The van der Waals surface area contributed by atoms with Gasteiger partial charge in [-0.25, -0.2) is 15.0 Å². The third-order valence-corrected chi connectivity index (χ3v) is 4.34. The molecule has 20 heavy (non-hydrogen) atoms. The fourth-order valence-electron chi connectivity index (χ4n) is 3.09. The van der Waals surface area contributed by atoms with E-state index in [1.165, 1.54) is 12.8 Å². The lowest BCUT2D eigenvalue weighted by molar-refractivity contribution is -0.000462. The topological polar surface area (TPSA) is 56.1 Å². The van der Waals surface area contributed by atoms with Gasteiger partial charge in [-0.05, 0) is 12.8 Å². The van der Waals surface area contributed by atoms with Gasteiger partial charge in [0.1, 0.15) is 24.3 Å². The minimum atomic E-state index is 0.457. The minimum Gasteiger partial charge on any atom is -0.381 e. The molecule has 1 spiro atoms. The van der Waals surface area contributed by atoms with Gasteiger partial charge in [0.25, 0.3) is 0 Å². The second-order valence-corrected chi connectivity index (χ2v) is 5.67. The quantitative estimate of drug-likeness (QED) is 0.823. The molecule has 0 saturated carbocycles. The monoisotopic (exact) mass is 271 g/mol. The summed E-state index contributed by atoms with van der Waals surface area (Å²) in [6, 6.07) is 2.02. The Morgan fingerprint density at radius 2 is 1.90 bits per heavy atom. The molecule has 0 aromatic carbocycles. The molecule has 4 rings (SSSR count). The molecule has 6 nitrogen and oxygen atoms in total. The molecule has 2 aliphatic rings. The third kappa shape index (κ3) is 1.96. The summed E-state index contributed by atoms with van der Waals surface area (Å²) < 4.78 is 7.35. The molecule has 0 atom stereocenters. The van der Waals surface area contributed by atoms with Gasteiger partial charge < -0.3 is 9.64 Å². The van der Waals surface area contributed by atoms with Gasteiger partial charge in [0, 0.05) is 50.2 Å². The van der Waals surface area contributed by atoms with Gasteiger partial charge in [-0.1, -0.05) is 0 Å². The maximum Gasteiger partial charge on any atom is 0.143 e. The molecule has 104 valence electrons. The van der Waals surface area contributed by atoms with Gasteiger partial charge in [0.15, 0.2) is 0 Å². The zero-order valence-corrected chi connectivity index (χ0v) is 11.3. The normalized spacial score (nSPS) is 20.9. The highest BCUT2D eigenvalue weighted by molar-refractivity contribution is 5.47. The number of imidazole rings is 1. The number of anilines is 1. The predicted molar refractivity (Wildman–Crippen MR) is 73.9 cm³/mol. The Bertz CT molecular complexity index is 583. The summed E-state index contributed by atoms with van der Waals surface area (Å²) in [5.41, 5.74) is 0.457. The van der Waals surface area contributed by atoms with E-state index in [0.717, 1.165) is 37.9 Å². The van der Waals surface area contributed by atoms with Crippen LogP contribution in [0.1, 0.15) is 12.8 Å². The third-order valence-electron chi connectivity index (χ3n) is 4.34. The fraction of sp³-hybridized carbons (Fsp3) is 0.500. The minimum absolute atomic E-state index is 0.457. The number of hydrogen-bond acceptors (Lipinski definition) is 5. The van der Waals surface area contributed by atoms with Crippen molar-refractivity contribution in [2.45, 2.75) is 12.8 Å². The number of hydrogen-bond donors (Lipinski definition) is 0. The van der Waals surface area contributed by atoms with Crippen molar-refractivity contribution >= 4 is 5.82 Å². The molecule has 2 aromatic heterocycles. The van der Waals surface area contributed by atoms with Crippen molar-refractivity contribution in [3.8, 4) is 5.82 Å². The van der Waals surface area contributed by atoms with Crippen LogP contribution in [-0.2, 0) is 4.74 Å². The highest BCUT2D eigenvalue weighted by Gasteiger charge is 2.44. The standard InChI is InChI=1S/C14H17N5O/c1-5-20-6-2-14(1)8-19(9-14)13-7-12(16-10-17-13)18-4-3-15-11-18/h3-4,7,10-11H,1-2,5-6,8-9H2. The average Bonchev–Trinajstić information content (AvgIpc) is 3.00. The molecule has 0 unspecified atom stereocenters. The zero-order valence-electron chi connectivity index (χ0n) is 11.3. The van der Waals surface area contributed by atoms with E-state index < -0.39 is 0 Å². The van der Waals surface area contributed by atoms with Crippen LogP contribution in [0.5, 0.6) is 0 Å². The summed E-state index contributed by atoms with van der Waals surface area (Å²) in [6.45, 7) is 3.96. The molecule has 2 aliphatic heterocycles. The summed E-state index contributed by atoms with van der Waals surface area (Å²) >= 11 is 0. The lowest BCUT2D eigenvalue weighted by atomic mass is 9.73. The number of nitrogens with zero attached hydrogens (tertiary/aromatic N) is 5. The van der Waals surface area contributed by atoms with E-state index in [4.69, 9.17) is 4.74 Å². The van der Waals surface area contributed by atoms with Gasteiger partial charge in [0.2, 0.25) is 0 Å². The molecule has 4 heterocycles. The van der Waals surface area contributed by atoms with Crippen molar-refractivity contribution in [3.63, 3.8) is 0 Å². The molecule has 6 heteroatoms. The van der Waals surface area contributed by atoms with E-state index in [2.05, 4.69) is 19.9 Å². The lowest BCUT2D eigenvalue weighted by Gasteiger charge is -2.52. The van der Waals surface area contributed by atoms with Gasteiger partial charge in [-0.3, -0.25) is 4.57 Å². The van der Waals surface area contributed by atoms with Gasteiger partial charge in [-0.15, -0.1) is 0 Å². The highest BCUT2D eigenvalue weighted by atomic mass is 16.5. The van der Waals surface area contributed by atoms with Crippen LogP contribution in [0, 0.1) is 5.41 Å². The smallest absolute Gasteiger partial charge is 0.143 e. The molecule has 0 N–H and O–H groups in total. The second kappa shape index (κ2) is 4.56. The first-order chi connectivity index (χ1) is 9.85. The van der Waals surface area contributed by atoms with E-state index >= 15 is 0 Å². The Hall–Kier alpha value is -1.95. The molecule has 0 bridgehead atoms. The van der Waals surface area contributed by atoms with Crippen molar-refractivity contribution in [3.05, 3.63) is 31.1 Å². The highest BCUT2D eigenvalue weighted by Crippen LogP contribution is 2.41. The van der Waals surface area contributed by atoms with Crippen molar-refractivity contribution < 1.29 is 4.74 Å². The largest absolute Gasteiger partial charge is 0.381 e. The van der Waals surface area contributed by atoms with Crippen LogP contribution in [0.2, 0.25) is 0 Å². The van der Waals surface area contributed by atoms with Crippen LogP contribution in [0.3, 0.4) is 0 Å². The maximum absolute atomic E-state index is 5.46. The van der Waals surface area contributed by atoms with Crippen LogP contribution in [-0.4, -0.2) is 45.8 Å². The number of aromatic nitrogens is 4.